The van der Waals surface area contributed by atoms with Gasteiger partial charge in [-0.05, 0) is 35.2 Å². The van der Waals surface area contributed by atoms with Crippen molar-refractivity contribution in [3.63, 3.8) is 0 Å². The lowest BCUT2D eigenvalue weighted by molar-refractivity contribution is -0.187. The molecule has 3 heterocycles. The summed E-state index contributed by atoms with van der Waals surface area (Å²) in [5.74, 6) is -0.504. The third-order valence-electron chi connectivity index (χ3n) is 7.01. The molecule has 2 fully saturated rings. The molecule has 0 saturated carbocycles. The minimum absolute atomic E-state index is 0.125. The smallest absolute Gasteiger partial charge is 0.223 e. The summed E-state index contributed by atoms with van der Waals surface area (Å²) in [7, 11) is 0. The van der Waals surface area contributed by atoms with Crippen molar-refractivity contribution in [2.45, 2.75) is 44.3 Å². The fourth-order valence-corrected chi connectivity index (χ4v) is 5.45. The van der Waals surface area contributed by atoms with Crippen LogP contribution in [0.4, 0.5) is 0 Å². The van der Waals surface area contributed by atoms with Crippen LogP contribution in [0.1, 0.15) is 48.8 Å². The Labute approximate surface area is 204 Å². The van der Waals surface area contributed by atoms with E-state index in [1.54, 1.807) is 0 Å². The fraction of sp³-hybridized carbons (Fsp3) is 0.423. The van der Waals surface area contributed by atoms with Gasteiger partial charge in [0, 0.05) is 55.4 Å². The molecule has 3 aromatic rings. The summed E-state index contributed by atoms with van der Waals surface area (Å²) in [6, 6.07) is 12.0. The second kappa shape index (κ2) is 9.30. The van der Waals surface area contributed by atoms with Crippen LogP contribution in [0.2, 0.25) is 10.0 Å². The van der Waals surface area contributed by atoms with Gasteiger partial charge in [-0.15, -0.1) is 0 Å². The number of H-pyrrole nitrogens is 1. The van der Waals surface area contributed by atoms with E-state index in [-0.39, 0.29) is 11.8 Å². The van der Waals surface area contributed by atoms with Crippen LogP contribution in [-0.4, -0.2) is 47.9 Å². The largest absolute Gasteiger partial charge is 0.361 e. The molecule has 2 aromatic carbocycles. The lowest BCUT2D eigenvalue weighted by Crippen LogP contribution is -2.47. The third kappa shape index (κ3) is 4.40. The quantitative estimate of drug-likeness (QED) is 0.486. The molecule has 1 aromatic heterocycles. The SMILES string of the molecule is CCc1cccc2c(C(CC(=O)N3CCC4(CC3)OCCO4)c3ccc(Cl)c(Cl)c3)c[nH]c12. The van der Waals surface area contributed by atoms with Gasteiger partial charge in [0.25, 0.3) is 0 Å². The molecule has 5 rings (SSSR count). The Morgan fingerprint density at radius 1 is 1.12 bits per heavy atom. The molecule has 0 bridgehead atoms. The summed E-state index contributed by atoms with van der Waals surface area (Å²) in [5.41, 5.74) is 4.47. The number of aryl methyl sites for hydroxylation is 1. The monoisotopic (exact) mass is 486 g/mol. The van der Waals surface area contributed by atoms with Gasteiger partial charge in [-0.25, -0.2) is 0 Å². The van der Waals surface area contributed by atoms with Crippen molar-refractivity contribution in [3.05, 3.63) is 69.3 Å². The van der Waals surface area contributed by atoms with Crippen LogP contribution < -0.4 is 0 Å². The van der Waals surface area contributed by atoms with Crippen LogP contribution in [-0.2, 0) is 20.7 Å². The van der Waals surface area contributed by atoms with Crippen molar-refractivity contribution in [2.24, 2.45) is 0 Å². The molecule has 1 spiro atoms. The molecular weight excluding hydrogens is 459 g/mol. The number of nitrogens with zero attached hydrogens (tertiary/aromatic N) is 1. The molecule has 2 aliphatic heterocycles. The van der Waals surface area contributed by atoms with Gasteiger partial charge in [0.1, 0.15) is 0 Å². The first-order valence-corrected chi connectivity index (χ1v) is 12.3. The fourth-order valence-electron chi connectivity index (χ4n) is 5.14. The standard InChI is InChI=1S/C26H28Cl2N2O3/c1-2-17-4-3-5-19-21(16-29-25(17)19)20(18-6-7-22(27)23(28)14-18)15-24(31)30-10-8-26(9-11-30)32-12-13-33-26/h3-7,14,16,20,29H,2,8-13,15H2,1H3. The summed E-state index contributed by atoms with van der Waals surface area (Å²) in [6.45, 7) is 4.69. The van der Waals surface area contributed by atoms with Crippen LogP contribution in [0.5, 0.6) is 0 Å². The van der Waals surface area contributed by atoms with Crippen LogP contribution in [0.25, 0.3) is 10.9 Å². The van der Waals surface area contributed by atoms with Gasteiger partial charge in [-0.1, -0.05) is 54.4 Å². The van der Waals surface area contributed by atoms with Crippen molar-refractivity contribution >= 4 is 40.0 Å². The number of nitrogens with one attached hydrogen (secondary N) is 1. The molecule has 174 valence electrons. The first kappa shape index (κ1) is 22.7. The first-order valence-electron chi connectivity index (χ1n) is 11.6. The maximum Gasteiger partial charge on any atom is 0.223 e. The molecule has 2 aliphatic rings. The van der Waals surface area contributed by atoms with Crippen LogP contribution in [0.3, 0.4) is 0 Å². The van der Waals surface area contributed by atoms with Gasteiger partial charge in [-0.2, -0.15) is 0 Å². The van der Waals surface area contributed by atoms with E-state index < -0.39 is 5.79 Å². The Balaban J connectivity index is 1.45. The molecule has 5 nitrogen and oxygen atoms in total. The van der Waals surface area contributed by atoms with E-state index in [1.807, 2.05) is 29.3 Å². The number of likely N-dealkylation sites (tertiary alicyclic amines) is 1. The number of hydrogen-bond acceptors (Lipinski definition) is 3. The zero-order chi connectivity index (χ0) is 23.0. The summed E-state index contributed by atoms with van der Waals surface area (Å²) in [4.78, 5) is 18.9. The molecule has 0 aliphatic carbocycles. The van der Waals surface area contributed by atoms with Crippen molar-refractivity contribution in [1.82, 2.24) is 9.88 Å². The number of aromatic amines is 1. The van der Waals surface area contributed by atoms with E-state index in [1.165, 1.54) is 5.56 Å². The predicted octanol–water partition coefficient (Wildman–Crippen LogP) is 5.92. The number of carbonyl (C=O) groups excluding carboxylic acids is 1. The lowest BCUT2D eigenvalue weighted by atomic mass is 9.87. The van der Waals surface area contributed by atoms with Crippen molar-refractivity contribution in [2.75, 3.05) is 26.3 Å². The maximum absolute atomic E-state index is 13.5. The number of benzene rings is 2. The Morgan fingerprint density at radius 3 is 2.58 bits per heavy atom. The number of aromatic nitrogens is 1. The molecule has 1 atom stereocenters. The summed E-state index contributed by atoms with van der Waals surface area (Å²) in [5, 5.41) is 2.15. The summed E-state index contributed by atoms with van der Waals surface area (Å²) < 4.78 is 11.6. The van der Waals surface area contributed by atoms with E-state index in [9.17, 15) is 4.79 Å². The maximum atomic E-state index is 13.5. The molecule has 1 N–H and O–H groups in total. The number of amides is 1. The highest BCUT2D eigenvalue weighted by atomic mass is 35.5. The minimum Gasteiger partial charge on any atom is -0.361 e. The Bertz CT molecular complexity index is 1160. The number of piperidine rings is 1. The van der Waals surface area contributed by atoms with Crippen molar-refractivity contribution in [3.8, 4) is 0 Å². The predicted molar refractivity (Wildman–Crippen MR) is 131 cm³/mol. The number of ether oxygens (including phenoxy) is 2. The highest BCUT2D eigenvalue weighted by molar-refractivity contribution is 6.42. The second-order valence-corrected chi connectivity index (χ2v) is 9.67. The zero-order valence-electron chi connectivity index (χ0n) is 18.7. The van der Waals surface area contributed by atoms with Crippen LogP contribution >= 0.6 is 23.2 Å². The Hall–Kier alpha value is -2.05. The molecule has 33 heavy (non-hydrogen) atoms. The zero-order valence-corrected chi connectivity index (χ0v) is 20.2. The average Bonchev–Trinajstić information content (AvgIpc) is 3.47. The number of hydrogen-bond donors (Lipinski definition) is 1. The lowest BCUT2D eigenvalue weighted by Gasteiger charge is -2.38. The van der Waals surface area contributed by atoms with Crippen molar-refractivity contribution in [1.29, 1.82) is 0 Å². The normalized spacial score (nSPS) is 18.8. The molecule has 2 saturated heterocycles. The van der Waals surface area contributed by atoms with E-state index in [4.69, 9.17) is 32.7 Å². The summed E-state index contributed by atoms with van der Waals surface area (Å²) >= 11 is 12.6. The minimum atomic E-state index is -0.493. The van der Waals surface area contributed by atoms with E-state index in [2.05, 4.69) is 30.1 Å². The molecule has 0 radical (unpaired) electrons. The molecule has 1 unspecified atom stereocenters. The number of fused-ring (bicyclic) bond motifs is 1. The van der Waals surface area contributed by atoms with Crippen LogP contribution in [0, 0.1) is 0 Å². The highest BCUT2D eigenvalue weighted by Crippen LogP contribution is 2.38. The molecular formula is C26H28Cl2N2O3. The highest BCUT2D eigenvalue weighted by Gasteiger charge is 2.41. The van der Waals surface area contributed by atoms with E-state index in [0.29, 0.717) is 55.6 Å². The molecule has 7 heteroatoms. The Kier molecular flexibility index (Phi) is 6.41. The van der Waals surface area contributed by atoms with E-state index >= 15 is 0 Å². The topological polar surface area (TPSA) is 54.6 Å². The van der Waals surface area contributed by atoms with Gasteiger partial charge < -0.3 is 19.4 Å². The summed E-state index contributed by atoms with van der Waals surface area (Å²) in [6.07, 6.45) is 4.76. The average molecular weight is 487 g/mol. The number of halogens is 2. The van der Waals surface area contributed by atoms with E-state index in [0.717, 1.165) is 28.5 Å². The molecule has 1 amide bonds. The van der Waals surface area contributed by atoms with Gasteiger partial charge in [0.2, 0.25) is 5.91 Å². The van der Waals surface area contributed by atoms with Gasteiger partial charge >= 0.3 is 0 Å². The van der Waals surface area contributed by atoms with Gasteiger partial charge in [0.05, 0.1) is 23.3 Å². The first-order chi connectivity index (χ1) is 16.0. The Morgan fingerprint density at radius 2 is 1.88 bits per heavy atom. The second-order valence-electron chi connectivity index (χ2n) is 8.86. The van der Waals surface area contributed by atoms with Gasteiger partial charge in [-0.3, -0.25) is 4.79 Å². The number of carbonyl (C=O) groups is 1. The number of rotatable bonds is 5. The van der Waals surface area contributed by atoms with Gasteiger partial charge in [0.15, 0.2) is 5.79 Å². The van der Waals surface area contributed by atoms with Crippen LogP contribution in [0.15, 0.2) is 42.6 Å². The third-order valence-corrected chi connectivity index (χ3v) is 7.75. The number of para-hydroxylation sites is 1. The van der Waals surface area contributed by atoms with Crippen molar-refractivity contribution < 1.29 is 14.3 Å².